The molecule has 40 valence electrons. The molecule has 0 aromatic carbocycles. The highest BCUT2D eigenvalue weighted by molar-refractivity contribution is 5.97. The van der Waals surface area contributed by atoms with E-state index in [4.69, 9.17) is 0 Å². The molecule has 0 atom stereocenters. The quantitative estimate of drug-likeness (QED) is 0.225. The molecule has 0 N–H and O–H groups in total. The Balaban J connectivity index is 2.45. The molecule has 2 radical (unpaired) electrons. The fourth-order valence-corrected chi connectivity index (χ4v) is 0.251. The van der Waals surface area contributed by atoms with Gasteiger partial charge in [-0.15, -0.1) is 0 Å². The van der Waals surface area contributed by atoms with Crippen LogP contribution in [-0.2, 0) is 9.69 Å². The fourth-order valence-electron chi connectivity index (χ4n) is 0.251. The zero-order valence-electron chi connectivity index (χ0n) is 4.52. The van der Waals surface area contributed by atoms with E-state index in [0.717, 1.165) is 12.8 Å². The van der Waals surface area contributed by atoms with Crippen LogP contribution < -0.4 is 0 Å². The lowest BCUT2D eigenvalue weighted by atomic mass is 10.4. The van der Waals surface area contributed by atoms with E-state index in [1.165, 1.54) is 0 Å². The summed E-state index contributed by atoms with van der Waals surface area (Å²) in [6, 6.07) is 0. The molecule has 0 heterocycles. The van der Waals surface area contributed by atoms with E-state index < -0.39 is 0 Å². The number of hydrogen-bond acceptors (Lipinski definition) is 2. The first-order chi connectivity index (χ1) is 3.41. The van der Waals surface area contributed by atoms with Gasteiger partial charge in [0.25, 0.3) is 0 Å². The lowest BCUT2D eigenvalue weighted by molar-refractivity contribution is -0.204. The van der Waals surface area contributed by atoms with Crippen molar-refractivity contribution in [2.75, 3.05) is 6.61 Å². The summed E-state index contributed by atoms with van der Waals surface area (Å²) in [7, 11) is 4.55. The van der Waals surface area contributed by atoms with Crippen molar-refractivity contribution in [1.29, 1.82) is 0 Å². The lowest BCUT2D eigenvalue weighted by Gasteiger charge is -1.94. The molecule has 0 aromatic rings. The molecule has 0 aliphatic carbocycles. The Morgan fingerprint density at radius 2 is 2.29 bits per heavy atom. The van der Waals surface area contributed by atoms with E-state index in [1.807, 2.05) is 0 Å². The van der Waals surface area contributed by atoms with E-state index in [0.29, 0.717) is 6.61 Å². The number of hydrogen-bond donors (Lipinski definition) is 0. The zero-order chi connectivity index (χ0) is 5.54. The van der Waals surface area contributed by atoms with Gasteiger partial charge in [0.2, 0.25) is 0 Å². The molecule has 0 aliphatic heterocycles. The molecule has 0 unspecified atom stereocenters. The van der Waals surface area contributed by atoms with Crippen LogP contribution in [0.15, 0.2) is 0 Å². The van der Waals surface area contributed by atoms with Gasteiger partial charge in [0, 0.05) is 0 Å². The fraction of sp³-hybridized carbons (Fsp3) is 1.00. The Labute approximate surface area is 45.2 Å². The molecular weight excluding hydrogens is 90.9 g/mol. The molecule has 0 aliphatic rings. The van der Waals surface area contributed by atoms with Crippen molar-refractivity contribution >= 4 is 8.05 Å². The molecule has 0 aromatic heterocycles. The summed E-state index contributed by atoms with van der Waals surface area (Å²) < 4.78 is 0. The second-order valence-electron chi connectivity index (χ2n) is 1.27. The lowest BCUT2D eigenvalue weighted by Crippen LogP contribution is -1.91. The standard InChI is InChI=1S/C4H9BO2/c1-2-3-4-6-7-5/h2-4H2,1H3. The van der Waals surface area contributed by atoms with Crippen molar-refractivity contribution in [2.45, 2.75) is 19.8 Å². The summed E-state index contributed by atoms with van der Waals surface area (Å²) in [5.74, 6) is 0. The highest BCUT2D eigenvalue weighted by Gasteiger charge is 1.79. The third kappa shape index (κ3) is 5.98. The summed E-state index contributed by atoms with van der Waals surface area (Å²) >= 11 is 0. The molecule has 7 heavy (non-hydrogen) atoms. The molecule has 0 spiro atoms. The molecule has 0 amide bonds. The van der Waals surface area contributed by atoms with Crippen LogP contribution in [0.4, 0.5) is 0 Å². The van der Waals surface area contributed by atoms with Gasteiger partial charge in [-0.1, -0.05) is 13.3 Å². The molecule has 0 saturated heterocycles. The van der Waals surface area contributed by atoms with Gasteiger partial charge < -0.3 is 4.81 Å². The van der Waals surface area contributed by atoms with E-state index in [-0.39, 0.29) is 0 Å². The van der Waals surface area contributed by atoms with Crippen LogP contribution in [0.3, 0.4) is 0 Å². The van der Waals surface area contributed by atoms with E-state index in [9.17, 15) is 0 Å². The molecule has 0 fully saturated rings. The predicted octanol–water partition coefficient (Wildman–Crippen LogP) is 0.818. The third-order valence-electron chi connectivity index (χ3n) is 0.649. The highest BCUT2D eigenvalue weighted by atomic mass is 17.2. The van der Waals surface area contributed by atoms with Crippen LogP contribution in [0.25, 0.3) is 0 Å². The van der Waals surface area contributed by atoms with Crippen LogP contribution in [0.2, 0.25) is 0 Å². The van der Waals surface area contributed by atoms with Crippen molar-refractivity contribution in [3.63, 3.8) is 0 Å². The molecular formula is C4H9BO2. The number of rotatable bonds is 4. The maximum Gasteiger partial charge on any atom is 0.338 e. The van der Waals surface area contributed by atoms with E-state index >= 15 is 0 Å². The second kappa shape index (κ2) is 5.98. The minimum atomic E-state index is 0.590. The summed E-state index contributed by atoms with van der Waals surface area (Å²) in [4.78, 5) is 8.20. The molecule has 0 bridgehead atoms. The van der Waals surface area contributed by atoms with Gasteiger partial charge in [-0.3, -0.25) is 4.89 Å². The average Bonchev–Trinajstić information content (AvgIpc) is 1.69. The summed E-state index contributed by atoms with van der Waals surface area (Å²) in [5, 5.41) is 0. The van der Waals surface area contributed by atoms with Crippen molar-refractivity contribution in [1.82, 2.24) is 0 Å². The van der Waals surface area contributed by atoms with Crippen LogP contribution >= 0.6 is 0 Å². The van der Waals surface area contributed by atoms with Gasteiger partial charge in [0.15, 0.2) is 0 Å². The maximum atomic E-state index is 4.55. The maximum absolute atomic E-state index is 4.55. The predicted molar refractivity (Wildman–Crippen MR) is 27.7 cm³/mol. The van der Waals surface area contributed by atoms with Gasteiger partial charge >= 0.3 is 8.05 Å². The van der Waals surface area contributed by atoms with Gasteiger partial charge in [0.1, 0.15) is 0 Å². The van der Waals surface area contributed by atoms with Crippen molar-refractivity contribution in [3.05, 3.63) is 0 Å². The molecule has 2 nitrogen and oxygen atoms in total. The van der Waals surface area contributed by atoms with Crippen LogP contribution in [-0.4, -0.2) is 14.7 Å². The van der Waals surface area contributed by atoms with Crippen LogP contribution in [0.1, 0.15) is 19.8 Å². The van der Waals surface area contributed by atoms with Gasteiger partial charge in [-0.05, 0) is 6.42 Å². The van der Waals surface area contributed by atoms with Crippen LogP contribution in [0.5, 0.6) is 0 Å². The third-order valence-corrected chi connectivity index (χ3v) is 0.649. The summed E-state index contributed by atoms with van der Waals surface area (Å²) in [6.45, 7) is 2.66. The minimum absolute atomic E-state index is 0.590. The Hall–Kier alpha value is -0.0151. The SMILES string of the molecule is [B]OOCCCC. The Morgan fingerprint density at radius 3 is 2.71 bits per heavy atom. The molecule has 0 rings (SSSR count). The second-order valence-corrected chi connectivity index (χ2v) is 1.27. The first-order valence-electron chi connectivity index (χ1n) is 2.40. The Morgan fingerprint density at radius 1 is 1.57 bits per heavy atom. The van der Waals surface area contributed by atoms with Crippen molar-refractivity contribution in [2.24, 2.45) is 0 Å². The topological polar surface area (TPSA) is 18.5 Å². The molecule has 3 heteroatoms. The summed E-state index contributed by atoms with van der Waals surface area (Å²) in [5.41, 5.74) is 0. The first-order valence-corrected chi connectivity index (χ1v) is 2.40. The summed E-state index contributed by atoms with van der Waals surface area (Å²) in [6.07, 6.45) is 2.10. The Bertz CT molecular complexity index is 28.9. The smallest absolute Gasteiger partial charge is 0.318 e. The first kappa shape index (κ1) is 6.98. The average molecular weight is 99.9 g/mol. The van der Waals surface area contributed by atoms with E-state index in [2.05, 4.69) is 24.7 Å². The van der Waals surface area contributed by atoms with E-state index in [1.54, 1.807) is 0 Å². The van der Waals surface area contributed by atoms with Crippen molar-refractivity contribution in [3.8, 4) is 0 Å². The Kier molecular flexibility index (Phi) is 5.97. The molecule has 0 saturated carbocycles. The largest absolute Gasteiger partial charge is 0.338 e. The van der Waals surface area contributed by atoms with Crippen LogP contribution in [0, 0.1) is 0 Å². The zero-order valence-corrected chi connectivity index (χ0v) is 4.52. The van der Waals surface area contributed by atoms with Gasteiger partial charge in [-0.25, -0.2) is 0 Å². The normalized spacial score (nSPS) is 9.29. The minimum Gasteiger partial charge on any atom is -0.318 e. The monoisotopic (exact) mass is 100 g/mol. The highest BCUT2D eigenvalue weighted by Crippen LogP contribution is 1.85. The van der Waals surface area contributed by atoms with Gasteiger partial charge in [-0.2, -0.15) is 0 Å². The van der Waals surface area contributed by atoms with Gasteiger partial charge in [0.05, 0.1) is 6.61 Å². The number of unbranched alkanes of at least 4 members (excludes halogenated alkanes) is 1. The van der Waals surface area contributed by atoms with Crippen molar-refractivity contribution < 1.29 is 9.69 Å².